The number of anilines is 1. The Kier molecular flexibility index (Phi) is 2.64. The third-order valence-electron chi connectivity index (χ3n) is 3.18. The predicted molar refractivity (Wildman–Crippen MR) is 75.7 cm³/mol. The van der Waals surface area contributed by atoms with Crippen LogP contribution in [0.1, 0.15) is 15.9 Å². The number of nitrogens with zero attached hydrogens (tertiary/aromatic N) is 2. The zero-order valence-electron chi connectivity index (χ0n) is 10.8. The molecule has 6 nitrogen and oxygen atoms in total. The Morgan fingerprint density at radius 1 is 1.40 bits per heavy atom. The highest BCUT2D eigenvalue weighted by atomic mass is 16.2. The first-order valence-corrected chi connectivity index (χ1v) is 6.03. The number of nitrogen functional groups attached to an aromatic ring is 1. The Hall–Kier alpha value is -2.89. The lowest BCUT2D eigenvalue weighted by atomic mass is 10.2. The number of nitrogens with two attached hydrogens (primary N) is 1. The SMILES string of the molecule is Cc1cc2c(cc1N)[nH]c(=O)n2C(=O)c1cccnc1. The van der Waals surface area contributed by atoms with Gasteiger partial charge in [-0.3, -0.25) is 9.78 Å². The molecular weight excluding hydrogens is 256 g/mol. The van der Waals surface area contributed by atoms with Crippen molar-refractivity contribution in [3.8, 4) is 0 Å². The van der Waals surface area contributed by atoms with E-state index in [2.05, 4.69) is 9.97 Å². The highest BCUT2D eigenvalue weighted by Gasteiger charge is 2.16. The lowest BCUT2D eigenvalue weighted by Gasteiger charge is -2.04. The Labute approximate surface area is 113 Å². The monoisotopic (exact) mass is 268 g/mol. The maximum Gasteiger partial charge on any atom is 0.333 e. The normalized spacial score (nSPS) is 10.8. The van der Waals surface area contributed by atoms with E-state index < -0.39 is 11.6 Å². The number of H-pyrrole nitrogens is 1. The topological polar surface area (TPSA) is 93.8 Å². The number of benzene rings is 1. The molecule has 0 aliphatic rings. The lowest BCUT2D eigenvalue weighted by molar-refractivity contribution is 0.0960. The van der Waals surface area contributed by atoms with Gasteiger partial charge in [-0.15, -0.1) is 0 Å². The van der Waals surface area contributed by atoms with Crippen molar-refractivity contribution in [1.82, 2.24) is 14.5 Å². The minimum Gasteiger partial charge on any atom is -0.398 e. The van der Waals surface area contributed by atoms with E-state index in [1.807, 2.05) is 6.92 Å². The van der Waals surface area contributed by atoms with E-state index in [1.165, 1.54) is 6.20 Å². The van der Waals surface area contributed by atoms with E-state index in [0.29, 0.717) is 22.3 Å². The van der Waals surface area contributed by atoms with Gasteiger partial charge in [0.25, 0.3) is 5.91 Å². The molecule has 0 saturated heterocycles. The van der Waals surface area contributed by atoms with Crippen LogP contribution in [-0.2, 0) is 0 Å². The summed E-state index contributed by atoms with van der Waals surface area (Å²) in [5.74, 6) is -0.418. The molecule has 0 unspecified atom stereocenters. The summed E-state index contributed by atoms with van der Waals surface area (Å²) >= 11 is 0. The van der Waals surface area contributed by atoms with E-state index in [1.54, 1.807) is 30.5 Å². The summed E-state index contributed by atoms with van der Waals surface area (Å²) in [4.78, 5) is 30.9. The number of pyridine rings is 1. The number of rotatable bonds is 1. The van der Waals surface area contributed by atoms with Gasteiger partial charge in [0.15, 0.2) is 0 Å². The maximum atomic E-state index is 12.4. The quantitative estimate of drug-likeness (QED) is 0.650. The Balaban J connectivity index is 2.27. The van der Waals surface area contributed by atoms with Crippen molar-refractivity contribution in [2.24, 2.45) is 0 Å². The molecule has 2 heterocycles. The molecule has 0 fully saturated rings. The second kappa shape index (κ2) is 4.34. The fourth-order valence-corrected chi connectivity index (χ4v) is 2.10. The fourth-order valence-electron chi connectivity index (χ4n) is 2.10. The van der Waals surface area contributed by atoms with Crippen molar-refractivity contribution >= 4 is 22.6 Å². The van der Waals surface area contributed by atoms with E-state index in [0.717, 1.165) is 10.1 Å². The van der Waals surface area contributed by atoms with Crippen molar-refractivity contribution in [2.75, 3.05) is 5.73 Å². The first-order chi connectivity index (χ1) is 9.58. The third kappa shape index (κ3) is 1.78. The molecule has 0 spiro atoms. The second-order valence-electron chi connectivity index (χ2n) is 4.54. The van der Waals surface area contributed by atoms with E-state index in [4.69, 9.17) is 5.73 Å². The summed E-state index contributed by atoms with van der Waals surface area (Å²) in [5, 5.41) is 0. The molecule has 0 aliphatic heterocycles. The van der Waals surface area contributed by atoms with Crippen LogP contribution in [0.2, 0.25) is 0 Å². The third-order valence-corrected chi connectivity index (χ3v) is 3.18. The smallest absolute Gasteiger partial charge is 0.333 e. The highest BCUT2D eigenvalue weighted by Crippen LogP contribution is 2.19. The zero-order chi connectivity index (χ0) is 14.3. The van der Waals surface area contributed by atoms with Gasteiger partial charge in [-0.1, -0.05) is 0 Å². The number of nitrogens with one attached hydrogen (secondary N) is 1. The largest absolute Gasteiger partial charge is 0.398 e. The number of carbonyl (C=O) groups excluding carboxylic acids is 1. The van der Waals surface area contributed by atoms with Crippen molar-refractivity contribution in [3.63, 3.8) is 0 Å². The molecule has 3 aromatic rings. The molecule has 0 atom stereocenters. The molecule has 0 bridgehead atoms. The van der Waals surface area contributed by atoms with Crippen LogP contribution < -0.4 is 11.4 Å². The van der Waals surface area contributed by atoms with E-state index in [-0.39, 0.29) is 0 Å². The van der Waals surface area contributed by atoms with Gasteiger partial charge in [-0.25, -0.2) is 9.36 Å². The highest BCUT2D eigenvalue weighted by molar-refractivity contribution is 6.01. The minimum absolute atomic E-state index is 0.352. The van der Waals surface area contributed by atoms with Crippen LogP contribution in [0.4, 0.5) is 5.69 Å². The van der Waals surface area contributed by atoms with Gasteiger partial charge in [0.2, 0.25) is 0 Å². The Bertz CT molecular complexity index is 862. The minimum atomic E-state index is -0.487. The number of hydrogen-bond donors (Lipinski definition) is 2. The van der Waals surface area contributed by atoms with Crippen LogP contribution in [0, 0.1) is 6.92 Å². The number of aromatic amines is 1. The molecular formula is C14H12N4O2. The average molecular weight is 268 g/mol. The van der Waals surface area contributed by atoms with Crippen LogP contribution in [0.15, 0.2) is 41.5 Å². The van der Waals surface area contributed by atoms with Crippen LogP contribution >= 0.6 is 0 Å². The molecule has 0 aliphatic carbocycles. The molecule has 0 saturated carbocycles. The standard InChI is InChI=1S/C14H12N4O2/c1-8-5-12-11(6-10(8)15)17-14(20)18(12)13(19)9-3-2-4-16-7-9/h2-7H,15H2,1H3,(H,17,20). The predicted octanol–water partition coefficient (Wildman–Crippen LogP) is 1.30. The van der Waals surface area contributed by atoms with Crippen molar-refractivity contribution in [2.45, 2.75) is 6.92 Å². The molecule has 20 heavy (non-hydrogen) atoms. The van der Waals surface area contributed by atoms with Crippen LogP contribution in [-0.4, -0.2) is 20.4 Å². The first kappa shape index (κ1) is 12.2. The number of fused-ring (bicyclic) bond motifs is 1. The molecule has 3 N–H and O–H groups in total. The van der Waals surface area contributed by atoms with Gasteiger partial charge in [0.1, 0.15) is 0 Å². The average Bonchev–Trinajstić information content (AvgIpc) is 2.75. The van der Waals surface area contributed by atoms with Gasteiger partial charge in [0.05, 0.1) is 16.6 Å². The number of carbonyl (C=O) groups is 1. The number of hydrogen-bond acceptors (Lipinski definition) is 4. The second-order valence-corrected chi connectivity index (χ2v) is 4.54. The molecule has 2 aromatic heterocycles. The number of aromatic nitrogens is 3. The summed E-state index contributed by atoms with van der Waals surface area (Å²) in [6, 6.07) is 6.64. The molecule has 0 radical (unpaired) electrons. The summed E-state index contributed by atoms with van der Waals surface area (Å²) in [6.07, 6.45) is 3.00. The van der Waals surface area contributed by atoms with Crippen molar-refractivity contribution in [3.05, 3.63) is 58.3 Å². The van der Waals surface area contributed by atoms with Crippen molar-refractivity contribution in [1.29, 1.82) is 0 Å². The fraction of sp³-hybridized carbons (Fsp3) is 0.0714. The molecule has 6 heteroatoms. The molecule has 0 amide bonds. The summed E-state index contributed by atoms with van der Waals surface area (Å²) < 4.78 is 1.10. The summed E-state index contributed by atoms with van der Waals surface area (Å²) in [6.45, 7) is 1.82. The zero-order valence-corrected chi connectivity index (χ0v) is 10.8. The van der Waals surface area contributed by atoms with Gasteiger partial charge in [-0.2, -0.15) is 0 Å². The van der Waals surface area contributed by atoms with E-state index in [9.17, 15) is 9.59 Å². The van der Waals surface area contributed by atoms with Crippen LogP contribution in [0.3, 0.4) is 0 Å². The summed E-state index contributed by atoms with van der Waals surface area (Å²) in [7, 11) is 0. The first-order valence-electron chi connectivity index (χ1n) is 6.03. The number of aryl methyl sites for hydroxylation is 1. The van der Waals surface area contributed by atoms with E-state index >= 15 is 0 Å². The molecule has 3 rings (SSSR count). The van der Waals surface area contributed by atoms with Crippen molar-refractivity contribution < 1.29 is 4.79 Å². The lowest BCUT2D eigenvalue weighted by Crippen LogP contribution is -2.24. The number of imidazole rings is 1. The van der Waals surface area contributed by atoms with Gasteiger partial charge < -0.3 is 10.7 Å². The molecule has 100 valence electrons. The Morgan fingerprint density at radius 2 is 2.20 bits per heavy atom. The van der Waals surface area contributed by atoms with Gasteiger partial charge >= 0.3 is 5.69 Å². The van der Waals surface area contributed by atoms with Crippen LogP contribution in [0.25, 0.3) is 11.0 Å². The van der Waals surface area contributed by atoms with Gasteiger partial charge in [0, 0.05) is 18.1 Å². The molecule has 1 aromatic carbocycles. The summed E-state index contributed by atoms with van der Waals surface area (Å²) in [5.41, 5.74) is 8.10. The Morgan fingerprint density at radius 3 is 2.90 bits per heavy atom. The maximum absolute atomic E-state index is 12.4. The van der Waals surface area contributed by atoms with Gasteiger partial charge in [-0.05, 0) is 36.8 Å². The van der Waals surface area contributed by atoms with Crippen LogP contribution in [0.5, 0.6) is 0 Å².